The van der Waals surface area contributed by atoms with Crippen LogP contribution in [0.2, 0.25) is 0 Å². The molecule has 1 fully saturated rings. The average molecular weight is 277 g/mol. The number of nitrogen functional groups attached to an aromatic ring is 1. The van der Waals surface area contributed by atoms with Crippen LogP contribution in [0.1, 0.15) is 26.2 Å². The van der Waals surface area contributed by atoms with Gasteiger partial charge < -0.3 is 20.7 Å². The lowest BCUT2D eigenvalue weighted by Crippen LogP contribution is -2.43. The second kappa shape index (κ2) is 6.50. The smallest absolute Gasteiger partial charge is 0.244 e. The van der Waals surface area contributed by atoms with Crippen LogP contribution in [0, 0.1) is 0 Å². The Kier molecular flexibility index (Phi) is 4.71. The summed E-state index contributed by atoms with van der Waals surface area (Å²) in [6.45, 7) is 3.59. The number of nitrogens with two attached hydrogens (primary N) is 1. The highest BCUT2D eigenvalue weighted by Crippen LogP contribution is 2.29. The van der Waals surface area contributed by atoms with E-state index < -0.39 is 0 Å². The van der Waals surface area contributed by atoms with Crippen LogP contribution in [0.4, 0.5) is 11.4 Å². The maximum absolute atomic E-state index is 12.4. The number of para-hydroxylation sites is 1. The van der Waals surface area contributed by atoms with Crippen LogP contribution < -0.4 is 15.8 Å². The monoisotopic (exact) mass is 277 g/mol. The summed E-state index contributed by atoms with van der Waals surface area (Å²) < 4.78 is 5.18. The highest BCUT2D eigenvalue weighted by Gasteiger charge is 2.22. The largest absolute Gasteiger partial charge is 0.495 e. The van der Waals surface area contributed by atoms with Gasteiger partial charge in [-0.1, -0.05) is 6.07 Å². The lowest BCUT2D eigenvalue weighted by molar-refractivity contribution is -0.132. The van der Waals surface area contributed by atoms with E-state index in [9.17, 15) is 4.79 Å². The molecule has 1 atom stereocenters. The molecule has 1 aliphatic heterocycles. The van der Waals surface area contributed by atoms with E-state index in [1.165, 1.54) is 6.42 Å². The first-order valence-electron chi connectivity index (χ1n) is 7.11. The summed E-state index contributed by atoms with van der Waals surface area (Å²) in [6.07, 6.45) is 3.41. The third-order valence-electron chi connectivity index (χ3n) is 3.70. The molecule has 1 aromatic carbocycles. The molecule has 1 aliphatic rings. The summed E-state index contributed by atoms with van der Waals surface area (Å²) in [5, 5.41) is 3.19. The van der Waals surface area contributed by atoms with Crippen LogP contribution in [0.25, 0.3) is 0 Å². The van der Waals surface area contributed by atoms with Gasteiger partial charge in [0.1, 0.15) is 11.8 Å². The third kappa shape index (κ3) is 3.15. The number of carbonyl (C=O) groups excluding carboxylic acids is 1. The lowest BCUT2D eigenvalue weighted by Gasteiger charge is -2.30. The van der Waals surface area contributed by atoms with Gasteiger partial charge in [0.2, 0.25) is 5.91 Å². The number of nitrogens with one attached hydrogen (secondary N) is 1. The number of amides is 1. The molecular weight excluding hydrogens is 254 g/mol. The van der Waals surface area contributed by atoms with E-state index in [-0.39, 0.29) is 11.9 Å². The van der Waals surface area contributed by atoms with E-state index in [0.717, 1.165) is 31.6 Å². The normalized spacial score (nSPS) is 16.6. The number of rotatable bonds is 4. The van der Waals surface area contributed by atoms with Gasteiger partial charge in [0, 0.05) is 13.1 Å². The van der Waals surface area contributed by atoms with Gasteiger partial charge in [-0.3, -0.25) is 4.79 Å². The van der Waals surface area contributed by atoms with Crippen LogP contribution in [0.5, 0.6) is 5.75 Å². The average Bonchev–Trinajstić information content (AvgIpc) is 2.49. The standard InChI is InChI=1S/C15H23N3O2/c1-11(15(19)18-9-4-3-5-10-18)17-12-7-6-8-13(20-2)14(12)16/h6-8,11,17H,3-5,9-10,16H2,1-2H3. The van der Waals surface area contributed by atoms with Gasteiger partial charge in [-0.2, -0.15) is 0 Å². The van der Waals surface area contributed by atoms with Crippen molar-refractivity contribution in [2.45, 2.75) is 32.2 Å². The SMILES string of the molecule is COc1cccc(NC(C)C(=O)N2CCCCC2)c1N. The minimum atomic E-state index is -0.289. The molecule has 0 radical (unpaired) electrons. The zero-order valence-electron chi connectivity index (χ0n) is 12.2. The van der Waals surface area contributed by atoms with Crippen LogP contribution in [0.3, 0.4) is 0 Å². The van der Waals surface area contributed by atoms with Crippen molar-refractivity contribution < 1.29 is 9.53 Å². The van der Waals surface area contributed by atoms with Gasteiger partial charge in [-0.15, -0.1) is 0 Å². The Morgan fingerprint density at radius 3 is 2.70 bits per heavy atom. The minimum Gasteiger partial charge on any atom is -0.495 e. The van der Waals surface area contributed by atoms with Gasteiger partial charge in [-0.05, 0) is 38.3 Å². The molecule has 20 heavy (non-hydrogen) atoms. The van der Waals surface area contributed by atoms with Crippen LogP contribution >= 0.6 is 0 Å². The highest BCUT2D eigenvalue weighted by molar-refractivity contribution is 5.86. The number of hydrogen-bond donors (Lipinski definition) is 2. The van der Waals surface area contributed by atoms with E-state index in [2.05, 4.69) is 5.32 Å². The van der Waals surface area contributed by atoms with E-state index in [1.807, 2.05) is 24.0 Å². The molecule has 3 N–H and O–H groups in total. The molecule has 0 bridgehead atoms. The Morgan fingerprint density at radius 2 is 2.05 bits per heavy atom. The quantitative estimate of drug-likeness (QED) is 0.827. The lowest BCUT2D eigenvalue weighted by atomic mass is 10.1. The fraction of sp³-hybridized carbons (Fsp3) is 0.533. The number of ether oxygens (including phenoxy) is 1. The van der Waals surface area contributed by atoms with Gasteiger partial charge >= 0.3 is 0 Å². The van der Waals surface area contributed by atoms with Crippen molar-refractivity contribution >= 4 is 17.3 Å². The summed E-state index contributed by atoms with van der Waals surface area (Å²) >= 11 is 0. The molecule has 1 aromatic rings. The second-order valence-corrected chi connectivity index (χ2v) is 5.17. The van der Waals surface area contributed by atoms with Crippen LogP contribution in [0.15, 0.2) is 18.2 Å². The zero-order valence-corrected chi connectivity index (χ0v) is 12.2. The van der Waals surface area contributed by atoms with Crippen LogP contribution in [-0.2, 0) is 4.79 Å². The van der Waals surface area contributed by atoms with E-state index in [0.29, 0.717) is 11.4 Å². The molecule has 1 saturated heterocycles. The molecule has 5 nitrogen and oxygen atoms in total. The number of carbonyl (C=O) groups is 1. The molecule has 1 unspecified atom stereocenters. The van der Waals surface area contributed by atoms with Crippen molar-refractivity contribution in [1.29, 1.82) is 0 Å². The van der Waals surface area contributed by atoms with E-state index in [1.54, 1.807) is 13.2 Å². The molecule has 1 heterocycles. The molecule has 0 spiro atoms. The Hall–Kier alpha value is -1.91. The third-order valence-corrected chi connectivity index (χ3v) is 3.70. The molecule has 110 valence electrons. The van der Waals surface area contributed by atoms with Crippen molar-refractivity contribution in [3.05, 3.63) is 18.2 Å². The Balaban J connectivity index is 2.03. The molecule has 0 aromatic heterocycles. The second-order valence-electron chi connectivity index (χ2n) is 5.17. The molecule has 0 saturated carbocycles. The maximum atomic E-state index is 12.4. The fourth-order valence-electron chi connectivity index (χ4n) is 2.53. The first-order chi connectivity index (χ1) is 9.63. The van der Waals surface area contributed by atoms with Gasteiger partial charge in [0.05, 0.1) is 18.5 Å². The number of piperidine rings is 1. The van der Waals surface area contributed by atoms with Gasteiger partial charge in [0.25, 0.3) is 0 Å². The maximum Gasteiger partial charge on any atom is 0.244 e. The predicted octanol–water partition coefficient (Wildman–Crippen LogP) is 2.09. The molecule has 0 aliphatic carbocycles. The summed E-state index contributed by atoms with van der Waals surface area (Å²) in [5.41, 5.74) is 7.28. The van der Waals surface area contributed by atoms with Crippen LogP contribution in [-0.4, -0.2) is 37.0 Å². The molecule has 2 rings (SSSR count). The van der Waals surface area contributed by atoms with Gasteiger partial charge in [-0.25, -0.2) is 0 Å². The number of hydrogen-bond acceptors (Lipinski definition) is 4. The number of methoxy groups -OCH3 is 1. The summed E-state index contributed by atoms with van der Waals surface area (Å²) in [4.78, 5) is 14.3. The first-order valence-corrected chi connectivity index (χ1v) is 7.11. The molecule has 5 heteroatoms. The minimum absolute atomic E-state index is 0.131. The summed E-state index contributed by atoms with van der Waals surface area (Å²) in [7, 11) is 1.58. The topological polar surface area (TPSA) is 67.6 Å². The zero-order chi connectivity index (χ0) is 14.5. The Labute approximate surface area is 120 Å². The van der Waals surface area contributed by atoms with E-state index in [4.69, 9.17) is 10.5 Å². The predicted molar refractivity (Wildman–Crippen MR) is 80.9 cm³/mol. The molecular formula is C15H23N3O2. The summed E-state index contributed by atoms with van der Waals surface area (Å²) in [6, 6.07) is 5.23. The van der Waals surface area contributed by atoms with Crippen molar-refractivity contribution in [2.75, 3.05) is 31.2 Å². The van der Waals surface area contributed by atoms with Crippen molar-refractivity contribution in [3.63, 3.8) is 0 Å². The summed E-state index contributed by atoms with van der Waals surface area (Å²) in [5.74, 6) is 0.750. The van der Waals surface area contributed by atoms with Gasteiger partial charge in [0.15, 0.2) is 0 Å². The fourth-order valence-corrected chi connectivity index (χ4v) is 2.53. The van der Waals surface area contributed by atoms with Crippen molar-refractivity contribution in [2.24, 2.45) is 0 Å². The number of benzene rings is 1. The highest BCUT2D eigenvalue weighted by atomic mass is 16.5. The number of nitrogens with zero attached hydrogens (tertiary/aromatic N) is 1. The number of likely N-dealkylation sites (tertiary alicyclic amines) is 1. The number of anilines is 2. The van der Waals surface area contributed by atoms with Crippen molar-refractivity contribution in [1.82, 2.24) is 4.90 Å². The van der Waals surface area contributed by atoms with E-state index >= 15 is 0 Å². The van der Waals surface area contributed by atoms with Crippen molar-refractivity contribution in [3.8, 4) is 5.75 Å². The Bertz CT molecular complexity index is 470. The molecule has 1 amide bonds. The Morgan fingerprint density at radius 1 is 1.35 bits per heavy atom. The first kappa shape index (κ1) is 14.5.